The van der Waals surface area contributed by atoms with Crippen LogP contribution in [0.3, 0.4) is 0 Å². The molecule has 110 valence electrons. The maximum absolute atomic E-state index is 13.0. The minimum atomic E-state index is -2.59. The van der Waals surface area contributed by atoms with Crippen molar-refractivity contribution in [1.29, 1.82) is 0 Å². The van der Waals surface area contributed by atoms with Gasteiger partial charge >= 0.3 is 0 Å². The van der Waals surface area contributed by atoms with Gasteiger partial charge < -0.3 is 5.11 Å². The zero-order valence-corrected chi connectivity index (χ0v) is 11.0. The molecule has 0 aromatic heterocycles. The molecule has 0 amide bonds. The van der Waals surface area contributed by atoms with Crippen molar-refractivity contribution in [1.82, 2.24) is 0 Å². The Morgan fingerprint density at radius 1 is 1.30 bits per heavy atom. The largest absolute Gasteiger partial charge is 0.392 e. The first-order valence-corrected chi connectivity index (χ1v) is 6.67. The van der Waals surface area contributed by atoms with Crippen LogP contribution in [0.15, 0.2) is 24.3 Å². The van der Waals surface area contributed by atoms with Crippen molar-refractivity contribution in [2.24, 2.45) is 5.92 Å². The number of aliphatic hydroxyl groups excluding tert-OH is 1. The lowest BCUT2D eigenvalue weighted by molar-refractivity contribution is -0.384. The lowest BCUT2D eigenvalue weighted by Gasteiger charge is -2.31. The summed E-state index contributed by atoms with van der Waals surface area (Å²) in [5, 5.41) is 20.6. The lowest BCUT2D eigenvalue weighted by Crippen LogP contribution is -2.32. The van der Waals surface area contributed by atoms with E-state index in [2.05, 4.69) is 0 Å². The van der Waals surface area contributed by atoms with Crippen LogP contribution in [-0.2, 0) is 6.42 Å². The number of non-ortho nitro benzene ring substituents is 1. The second-order valence-corrected chi connectivity index (χ2v) is 5.39. The summed E-state index contributed by atoms with van der Waals surface area (Å²) in [6.45, 7) is 0. The fourth-order valence-corrected chi connectivity index (χ4v) is 2.61. The third-order valence-corrected chi connectivity index (χ3v) is 3.90. The second-order valence-electron chi connectivity index (χ2n) is 5.39. The summed E-state index contributed by atoms with van der Waals surface area (Å²) in [4.78, 5) is 10.0. The Balaban J connectivity index is 1.91. The molecule has 6 heteroatoms. The van der Waals surface area contributed by atoms with E-state index >= 15 is 0 Å². The van der Waals surface area contributed by atoms with E-state index in [4.69, 9.17) is 0 Å². The van der Waals surface area contributed by atoms with Crippen molar-refractivity contribution in [3.63, 3.8) is 0 Å². The maximum atomic E-state index is 13.0. The first-order valence-electron chi connectivity index (χ1n) is 6.67. The summed E-state index contributed by atoms with van der Waals surface area (Å²) in [5.41, 5.74) is 0.779. The van der Waals surface area contributed by atoms with Crippen molar-refractivity contribution in [3.8, 4) is 0 Å². The molecule has 1 saturated carbocycles. The normalized spacial score (nSPS) is 20.6. The molecule has 0 radical (unpaired) electrons. The number of nitrogens with zero attached hydrogens (tertiary/aromatic N) is 1. The Labute approximate surface area is 115 Å². The predicted molar refractivity (Wildman–Crippen MR) is 69.7 cm³/mol. The summed E-state index contributed by atoms with van der Waals surface area (Å²) in [6, 6.07) is 5.96. The monoisotopic (exact) mass is 285 g/mol. The highest BCUT2D eigenvalue weighted by Gasteiger charge is 2.37. The highest BCUT2D eigenvalue weighted by Crippen LogP contribution is 2.38. The number of halogens is 2. The number of alkyl halides is 2. The maximum Gasteiger partial charge on any atom is 0.269 e. The van der Waals surface area contributed by atoms with E-state index in [1.807, 2.05) is 0 Å². The Morgan fingerprint density at radius 2 is 1.85 bits per heavy atom. The molecule has 0 saturated heterocycles. The number of nitro groups is 1. The summed E-state index contributed by atoms with van der Waals surface area (Å²) in [6.07, 6.45) is -0.0342. The van der Waals surface area contributed by atoms with Gasteiger partial charge in [0.25, 0.3) is 5.69 Å². The molecule has 1 fully saturated rings. The van der Waals surface area contributed by atoms with Gasteiger partial charge in [0.05, 0.1) is 11.0 Å². The van der Waals surface area contributed by atoms with Crippen molar-refractivity contribution in [2.45, 2.75) is 44.1 Å². The molecule has 4 nitrogen and oxygen atoms in total. The third-order valence-electron chi connectivity index (χ3n) is 3.90. The molecule has 1 aliphatic rings. The summed E-state index contributed by atoms with van der Waals surface area (Å²) in [5.74, 6) is -2.71. The molecule has 1 atom stereocenters. The number of benzene rings is 1. The van der Waals surface area contributed by atoms with E-state index in [1.165, 1.54) is 12.1 Å². The Hall–Kier alpha value is -1.56. The van der Waals surface area contributed by atoms with Gasteiger partial charge in [-0.3, -0.25) is 10.1 Å². The zero-order chi connectivity index (χ0) is 14.8. The topological polar surface area (TPSA) is 63.4 Å². The SMILES string of the molecule is O=[N+]([O-])c1ccc(CC(O)C2CCC(F)(F)CC2)cc1. The fourth-order valence-electron chi connectivity index (χ4n) is 2.61. The molecule has 1 N–H and O–H groups in total. The molecule has 20 heavy (non-hydrogen) atoms. The van der Waals surface area contributed by atoms with E-state index < -0.39 is 16.9 Å². The van der Waals surface area contributed by atoms with Crippen molar-refractivity contribution in [2.75, 3.05) is 0 Å². The highest BCUT2D eigenvalue weighted by atomic mass is 19.3. The Morgan fingerprint density at radius 3 is 2.35 bits per heavy atom. The summed E-state index contributed by atoms with van der Waals surface area (Å²) < 4.78 is 26.1. The van der Waals surface area contributed by atoms with Gasteiger partial charge in [-0.1, -0.05) is 12.1 Å². The Kier molecular flexibility index (Phi) is 4.32. The van der Waals surface area contributed by atoms with Gasteiger partial charge in [-0.15, -0.1) is 0 Å². The molecule has 0 heterocycles. The van der Waals surface area contributed by atoms with Crippen molar-refractivity contribution >= 4 is 5.69 Å². The Bertz CT molecular complexity index is 466. The van der Waals surface area contributed by atoms with Gasteiger partial charge in [0.15, 0.2) is 0 Å². The van der Waals surface area contributed by atoms with Crippen molar-refractivity contribution < 1.29 is 18.8 Å². The number of hydrogen-bond donors (Lipinski definition) is 1. The molecule has 1 unspecified atom stereocenters. The summed E-state index contributed by atoms with van der Waals surface area (Å²) >= 11 is 0. The zero-order valence-electron chi connectivity index (χ0n) is 11.0. The van der Waals surface area contributed by atoms with Crippen LogP contribution >= 0.6 is 0 Å². The second kappa shape index (κ2) is 5.83. The third kappa shape index (κ3) is 3.72. The quantitative estimate of drug-likeness (QED) is 0.681. The van der Waals surface area contributed by atoms with Crippen LogP contribution in [0.5, 0.6) is 0 Å². The van der Waals surface area contributed by atoms with Gasteiger partial charge in [-0.05, 0) is 30.7 Å². The lowest BCUT2D eigenvalue weighted by atomic mass is 9.81. The van der Waals surface area contributed by atoms with Gasteiger partial charge in [-0.2, -0.15) is 0 Å². The molecule has 2 rings (SSSR count). The number of aliphatic hydroxyl groups is 1. The van der Waals surface area contributed by atoms with Crippen LogP contribution in [-0.4, -0.2) is 22.1 Å². The number of nitro benzene ring substituents is 1. The van der Waals surface area contributed by atoms with Crippen LogP contribution in [0.2, 0.25) is 0 Å². The van der Waals surface area contributed by atoms with Gasteiger partial charge in [-0.25, -0.2) is 8.78 Å². The van der Waals surface area contributed by atoms with E-state index in [1.54, 1.807) is 12.1 Å². The van der Waals surface area contributed by atoms with Crippen LogP contribution < -0.4 is 0 Å². The first kappa shape index (κ1) is 14.8. The predicted octanol–water partition coefficient (Wildman–Crippen LogP) is 3.32. The average Bonchev–Trinajstić information content (AvgIpc) is 2.39. The number of rotatable bonds is 4. The number of hydrogen-bond acceptors (Lipinski definition) is 3. The van der Waals surface area contributed by atoms with Crippen LogP contribution in [0.4, 0.5) is 14.5 Å². The minimum Gasteiger partial charge on any atom is -0.392 e. The molecule has 1 aromatic rings. The molecule has 0 bridgehead atoms. The molecular weight excluding hydrogens is 268 g/mol. The fraction of sp³-hybridized carbons (Fsp3) is 0.571. The van der Waals surface area contributed by atoms with Gasteiger partial charge in [0.2, 0.25) is 5.92 Å². The standard InChI is InChI=1S/C14H17F2NO3/c15-14(16)7-5-11(6-8-14)13(18)9-10-1-3-12(4-2-10)17(19)20/h1-4,11,13,18H,5-9H2. The van der Waals surface area contributed by atoms with E-state index in [-0.39, 0.29) is 24.4 Å². The highest BCUT2D eigenvalue weighted by molar-refractivity contribution is 5.33. The smallest absolute Gasteiger partial charge is 0.269 e. The summed E-state index contributed by atoms with van der Waals surface area (Å²) in [7, 11) is 0. The first-order chi connectivity index (χ1) is 9.37. The molecule has 0 spiro atoms. The van der Waals surface area contributed by atoms with E-state index in [0.29, 0.717) is 19.3 Å². The van der Waals surface area contributed by atoms with Crippen LogP contribution in [0.25, 0.3) is 0 Å². The van der Waals surface area contributed by atoms with Gasteiger partial charge in [0.1, 0.15) is 0 Å². The average molecular weight is 285 g/mol. The molecule has 0 aliphatic heterocycles. The minimum absolute atomic E-state index is 0.000508. The van der Waals surface area contributed by atoms with Gasteiger partial charge in [0, 0.05) is 25.0 Å². The molecule has 1 aromatic carbocycles. The van der Waals surface area contributed by atoms with Crippen LogP contribution in [0, 0.1) is 16.0 Å². The van der Waals surface area contributed by atoms with Crippen LogP contribution in [0.1, 0.15) is 31.2 Å². The van der Waals surface area contributed by atoms with Crippen molar-refractivity contribution in [3.05, 3.63) is 39.9 Å². The van der Waals surface area contributed by atoms with E-state index in [9.17, 15) is 24.0 Å². The molecular formula is C14H17F2NO3. The van der Waals surface area contributed by atoms with E-state index in [0.717, 1.165) is 5.56 Å². The molecule has 1 aliphatic carbocycles.